The van der Waals surface area contributed by atoms with Crippen molar-refractivity contribution < 1.29 is 23.4 Å². The number of carbonyl (C=O) groups is 1. The molecule has 0 spiro atoms. The van der Waals surface area contributed by atoms with Crippen LogP contribution in [0.25, 0.3) is 22.1 Å². The van der Waals surface area contributed by atoms with Crippen LogP contribution in [0.3, 0.4) is 0 Å². The highest BCUT2D eigenvalue weighted by Gasteiger charge is 2.16. The maximum Gasteiger partial charge on any atom is 0.343 e. The fraction of sp³-hybridized carbons (Fsp3) is 0.120. The lowest BCUT2D eigenvalue weighted by molar-refractivity contribution is 0.0734. The molecule has 0 unspecified atom stereocenters. The SMILES string of the molecule is COc1ccc(-c2c(C)oc3cc(OC(=O)c4cccc(OC)c4)ccc3c2=O)cc1. The van der Waals surface area contributed by atoms with Crippen LogP contribution in [0.1, 0.15) is 16.1 Å². The highest BCUT2D eigenvalue weighted by atomic mass is 16.5. The van der Waals surface area contributed by atoms with E-state index in [0.717, 1.165) is 5.56 Å². The van der Waals surface area contributed by atoms with E-state index in [9.17, 15) is 9.59 Å². The Morgan fingerprint density at radius 1 is 0.839 bits per heavy atom. The number of carbonyl (C=O) groups excluding carboxylic acids is 1. The molecule has 0 amide bonds. The molecule has 0 aliphatic rings. The summed E-state index contributed by atoms with van der Waals surface area (Å²) in [5, 5.41) is 0.401. The van der Waals surface area contributed by atoms with Crippen molar-refractivity contribution in [2.24, 2.45) is 0 Å². The van der Waals surface area contributed by atoms with E-state index in [1.54, 1.807) is 68.6 Å². The van der Waals surface area contributed by atoms with Gasteiger partial charge in [-0.05, 0) is 55.0 Å². The first kappa shape index (κ1) is 20.2. The number of hydrogen-bond donors (Lipinski definition) is 0. The Labute approximate surface area is 178 Å². The van der Waals surface area contributed by atoms with E-state index in [4.69, 9.17) is 18.6 Å². The third kappa shape index (κ3) is 4.00. The van der Waals surface area contributed by atoms with Crippen molar-refractivity contribution >= 4 is 16.9 Å². The van der Waals surface area contributed by atoms with Gasteiger partial charge in [-0.3, -0.25) is 4.79 Å². The van der Waals surface area contributed by atoms with Crippen LogP contribution >= 0.6 is 0 Å². The number of esters is 1. The molecular weight excluding hydrogens is 396 g/mol. The molecular formula is C25H20O6. The minimum atomic E-state index is -0.535. The van der Waals surface area contributed by atoms with Crippen LogP contribution < -0.4 is 19.6 Å². The van der Waals surface area contributed by atoms with Crippen LogP contribution in [0.15, 0.2) is 75.9 Å². The molecule has 0 radical (unpaired) electrons. The van der Waals surface area contributed by atoms with Gasteiger partial charge >= 0.3 is 5.97 Å². The van der Waals surface area contributed by atoms with Crippen LogP contribution in [0.2, 0.25) is 0 Å². The van der Waals surface area contributed by atoms with Gasteiger partial charge in [0.25, 0.3) is 0 Å². The van der Waals surface area contributed by atoms with Gasteiger partial charge < -0.3 is 18.6 Å². The molecule has 156 valence electrons. The summed E-state index contributed by atoms with van der Waals surface area (Å²) in [6.07, 6.45) is 0. The molecule has 0 aliphatic heterocycles. The van der Waals surface area contributed by atoms with Crippen molar-refractivity contribution in [2.45, 2.75) is 6.92 Å². The van der Waals surface area contributed by atoms with Crippen molar-refractivity contribution in [1.29, 1.82) is 0 Å². The fourth-order valence-electron chi connectivity index (χ4n) is 3.36. The minimum absolute atomic E-state index is 0.158. The van der Waals surface area contributed by atoms with Crippen molar-refractivity contribution in [1.82, 2.24) is 0 Å². The minimum Gasteiger partial charge on any atom is -0.497 e. The van der Waals surface area contributed by atoms with Crippen LogP contribution in [0.4, 0.5) is 0 Å². The topological polar surface area (TPSA) is 75.0 Å². The van der Waals surface area contributed by atoms with Gasteiger partial charge in [0.2, 0.25) is 5.43 Å². The largest absolute Gasteiger partial charge is 0.497 e. The van der Waals surface area contributed by atoms with Gasteiger partial charge in [0.1, 0.15) is 28.6 Å². The summed E-state index contributed by atoms with van der Waals surface area (Å²) >= 11 is 0. The number of aryl methyl sites for hydroxylation is 1. The standard InChI is InChI=1S/C25H20O6/c1-15-23(16-7-9-18(28-2)10-8-16)24(26)21-12-11-20(14-22(21)30-15)31-25(27)17-5-4-6-19(13-17)29-3/h4-14H,1-3H3. The molecule has 1 heterocycles. The molecule has 0 atom stereocenters. The highest BCUT2D eigenvalue weighted by molar-refractivity contribution is 5.92. The predicted octanol–water partition coefficient (Wildman–Crippen LogP) is 5.00. The van der Waals surface area contributed by atoms with E-state index < -0.39 is 5.97 Å². The third-order valence-electron chi connectivity index (χ3n) is 4.93. The molecule has 31 heavy (non-hydrogen) atoms. The number of methoxy groups -OCH3 is 2. The second kappa shape index (κ2) is 8.36. The zero-order valence-electron chi connectivity index (χ0n) is 17.3. The molecule has 0 bridgehead atoms. The summed E-state index contributed by atoms with van der Waals surface area (Å²) in [6, 6.07) is 18.6. The smallest absolute Gasteiger partial charge is 0.343 e. The second-order valence-electron chi connectivity index (χ2n) is 6.87. The molecule has 0 fully saturated rings. The van der Waals surface area contributed by atoms with Crippen molar-refractivity contribution in [3.05, 3.63) is 88.3 Å². The summed E-state index contributed by atoms with van der Waals surface area (Å²) < 4.78 is 21.7. The average molecular weight is 416 g/mol. The first-order valence-corrected chi connectivity index (χ1v) is 9.58. The molecule has 0 saturated heterocycles. The molecule has 4 aromatic rings. The van der Waals surface area contributed by atoms with Gasteiger partial charge in [-0.1, -0.05) is 18.2 Å². The summed E-state index contributed by atoms with van der Waals surface area (Å²) in [7, 11) is 3.11. The fourth-order valence-corrected chi connectivity index (χ4v) is 3.36. The van der Waals surface area contributed by atoms with E-state index in [0.29, 0.717) is 39.4 Å². The zero-order valence-corrected chi connectivity index (χ0v) is 17.3. The van der Waals surface area contributed by atoms with Gasteiger partial charge in [0.05, 0.1) is 30.7 Å². The Morgan fingerprint density at radius 3 is 2.26 bits per heavy atom. The molecule has 0 aliphatic carbocycles. The van der Waals surface area contributed by atoms with E-state index in [1.807, 2.05) is 12.1 Å². The lowest BCUT2D eigenvalue weighted by Gasteiger charge is -2.10. The second-order valence-corrected chi connectivity index (χ2v) is 6.87. The average Bonchev–Trinajstić information content (AvgIpc) is 2.79. The van der Waals surface area contributed by atoms with Crippen LogP contribution in [-0.2, 0) is 0 Å². The van der Waals surface area contributed by atoms with Gasteiger partial charge in [0, 0.05) is 6.07 Å². The number of ether oxygens (including phenoxy) is 3. The molecule has 1 aromatic heterocycles. The first-order chi connectivity index (χ1) is 15.0. The number of fused-ring (bicyclic) bond motifs is 1. The Hall–Kier alpha value is -4.06. The van der Waals surface area contributed by atoms with E-state index in [-0.39, 0.29) is 11.2 Å². The number of hydrogen-bond acceptors (Lipinski definition) is 6. The van der Waals surface area contributed by atoms with E-state index in [1.165, 1.54) is 7.11 Å². The summed E-state index contributed by atoms with van der Waals surface area (Å²) in [5.41, 5.74) is 1.76. The van der Waals surface area contributed by atoms with Crippen molar-refractivity contribution in [3.63, 3.8) is 0 Å². The normalized spacial score (nSPS) is 10.7. The zero-order chi connectivity index (χ0) is 22.0. The number of rotatable bonds is 5. The quantitative estimate of drug-likeness (QED) is 0.336. The van der Waals surface area contributed by atoms with Gasteiger partial charge in [-0.25, -0.2) is 4.79 Å². The Bertz CT molecular complexity index is 1320. The van der Waals surface area contributed by atoms with Crippen LogP contribution in [0.5, 0.6) is 17.2 Å². The van der Waals surface area contributed by atoms with Crippen molar-refractivity contribution in [2.75, 3.05) is 14.2 Å². The maximum absolute atomic E-state index is 13.1. The summed E-state index contributed by atoms with van der Waals surface area (Å²) in [6.45, 7) is 1.73. The Balaban J connectivity index is 1.68. The highest BCUT2D eigenvalue weighted by Crippen LogP contribution is 2.28. The van der Waals surface area contributed by atoms with Gasteiger partial charge in [-0.15, -0.1) is 0 Å². The molecule has 6 nitrogen and oxygen atoms in total. The van der Waals surface area contributed by atoms with Crippen molar-refractivity contribution in [3.8, 4) is 28.4 Å². The lowest BCUT2D eigenvalue weighted by atomic mass is 10.0. The molecule has 3 aromatic carbocycles. The Morgan fingerprint density at radius 2 is 1.55 bits per heavy atom. The molecule has 4 rings (SSSR count). The summed E-state index contributed by atoms with van der Waals surface area (Å²) in [4.78, 5) is 25.6. The van der Waals surface area contributed by atoms with Gasteiger partial charge in [0.15, 0.2) is 0 Å². The van der Waals surface area contributed by atoms with Crippen LogP contribution in [0, 0.1) is 6.92 Å². The first-order valence-electron chi connectivity index (χ1n) is 9.58. The van der Waals surface area contributed by atoms with Crippen LogP contribution in [-0.4, -0.2) is 20.2 Å². The third-order valence-corrected chi connectivity index (χ3v) is 4.93. The molecule has 0 saturated carbocycles. The van der Waals surface area contributed by atoms with E-state index >= 15 is 0 Å². The lowest BCUT2D eigenvalue weighted by Crippen LogP contribution is -2.10. The maximum atomic E-state index is 13.1. The predicted molar refractivity (Wildman–Crippen MR) is 117 cm³/mol. The Kier molecular flexibility index (Phi) is 5.45. The molecule has 0 N–H and O–H groups in total. The number of benzene rings is 3. The molecule has 6 heteroatoms. The summed E-state index contributed by atoms with van der Waals surface area (Å²) in [5.74, 6) is 1.47. The van der Waals surface area contributed by atoms with E-state index in [2.05, 4.69) is 0 Å². The van der Waals surface area contributed by atoms with Gasteiger partial charge in [-0.2, -0.15) is 0 Å². The monoisotopic (exact) mass is 416 g/mol.